The van der Waals surface area contributed by atoms with Crippen LogP contribution in [-0.4, -0.2) is 53.2 Å². The van der Waals surface area contributed by atoms with Gasteiger partial charge in [-0.05, 0) is 13.0 Å². The zero-order chi connectivity index (χ0) is 19.8. The Morgan fingerprint density at radius 3 is 2.38 bits per heavy atom. The van der Waals surface area contributed by atoms with Gasteiger partial charge < -0.3 is 14.7 Å². The van der Waals surface area contributed by atoms with Crippen LogP contribution in [0.5, 0.6) is 5.75 Å². The molecule has 8 nitrogen and oxygen atoms in total. The molecule has 11 heteroatoms. The van der Waals surface area contributed by atoms with E-state index in [0.29, 0.717) is 0 Å². The van der Waals surface area contributed by atoms with Crippen LogP contribution in [0.15, 0.2) is 12.1 Å². The molecule has 1 aromatic carbocycles. The van der Waals surface area contributed by atoms with Crippen molar-refractivity contribution in [1.82, 2.24) is 4.90 Å². The predicted molar refractivity (Wildman–Crippen MR) is 81.0 cm³/mol. The molecule has 1 fully saturated rings. The Hall–Kier alpha value is -2.85. The smallest absolute Gasteiger partial charge is 0.394 e. The fraction of sp³-hybridized carbons (Fsp3) is 0.467. The third-order valence-electron chi connectivity index (χ3n) is 4.34. The number of benzene rings is 1. The summed E-state index contributed by atoms with van der Waals surface area (Å²) < 4.78 is 44.1. The first-order valence-electron chi connectivity index (χ1n) is 7.39. The van der Waals surface area contributed by atoms with E-state index in [-0.39, 0.29) is 16.9 Å². The quantitative estimate of drug-likeness (QED) is 0.638. The molecule has 1 aromatic rings. The van der Waals surface area contributed by atoms with E-state index < -0.39 is 53.6 Å². The van der Waals surface area contributed by atoms with Crippen LogP contribution in [0.3, 0.4) is 0 Å². The highest BCUT2D eigenvalue weighted by Crippen LogP contribution is 2.39. The zero-order valence-electron chi connectivity index (χ0n) is 13.7. The van der Waals surface area contributed by atoms with Gasteiger partial charge in [0.25, 0.3) is 11.6 Å². The van der Waals surface area contributed by atoms with Crippen LogP contribution < -0.4 is 4.74 Å². The van der Waals surface area contributed by atoms with Crippen molar-refractivity contribution < 1.29 is 37.5 Å². The number of hydrogen-bond donors (Lipinski definition) is 1. The Balaban J connectivity index is 2.39. The Bertz CT molecular complexity index is 764. The summed E-state index contributed by atoms with van der Waals surface area (Å²) in [6.07, 6.45) is -4.78. The molecule has 1 N–H and O–H groups in total. The first kappa shape index (κ1) is 19.5. The van der Waals surface area contributed by atoms with E-state index in [2.05, 4.69) is 0 Å². The summed E-state index contributed by atoms with van der Waals surface area (Å²) in [6.45, 7) is -0.0627. The second kappa shape index (κ2) is 6.81. The molecule has 0 radical (unpaired) electrons. The number of halogens is 3. The highest BCUT2D eigenvalue weighted by atomic mass is 19.4. The van der Waals surface area contributed by atoms with Crippen molar-refractivity contribution >= 4 is 17.6 Å². The highest BCUT2D eigenvalue weighted by molar-refractivity contribution is 5.96. The lowest BCUT2D eigenvalue weighted by molar-refractivity contribution is -0.385. The first-order chi connectivity index (χ1) is 12.0. The number of rotatable bonds is 4. The number of hydrogen-bond acceptors (Lipinski definition) is 5. The molecule has 0 spiro atoms. The van der Waals surface area contributed by atoms with Crippen molar-refractivity contribution in [3.05, 3.63) is 33.4 Å². The number of nitro benzene ring substituents is 1. The summed E-state index contributed by atoms with van der Waals surface area (Å²) in [5, 5.41) is 20.1. The molecule has 0 unspecified atom stereocenters. The normalized spacial score (nSPS) is 20.1. The molecule has 1 saturated heterocycles. The van der Waals surface area contributed by atoms with Gasteiger partial charge in [-0.15, -0.1) is 0 Å². The molecule has 1 heterocycles. The molecular weight excluding hydrogens is 361 g/mol. The van der Waals surface area contributed by atoms with Crippen LogP contribution in [0.25, 0.3) is 0 Å². The minimum absolute atomic E-state index is 0.0314. The van der Waals surface area contributed by atoms with E-state index in [1.807, 2.05) is 0 Å². The van der Waals surface area contributed by atoms with E-state index >= 15 is 0 Å². The summed E-state index contributed by atoms with van der Waals surface area (Å²) in [7, 11) is 1.23. The van der Waals surface area contributed by atoms with Crippen LogP contribution in [0.4, 0.5) is 18.9 Å². The molecule has 142 valence electrons. The van der Waals surface area contributed by atoms with Crippen LogP contribution in [0.1, 0.15) is 15.9 Å². The van der Waals surface area contributed by atoms with Gasteiger partial charge in [0.05, 0.1) is 35.0 Å². The monoisotopic (exact) mass is 376 g/mol. The van der Waals surface area contributed by atoms with Gasteiger partial charge in [0.1, 0.15) is 5.75 Å². The van der Waals surface area contributed by atoms with Crippen LogP contribution >= 0.6 is 0 Å². The van der Waals surface area contributed by atoms with Crippen LogP contribution in [0.2, 0.25) is 0 Å². The Kier molecular flexibility index (Phi) is 5.10. The fourth-order valence-corrected chi connectivity index (χ4v) is 2.93. The number of likely N-dealkylation sites (tertiary alicyclic amines) is 1. The van der Waals surface area contributed by atoms with Gasteiger partial charge in [0.2, 0.25) is 0 Å². The number of ether oxygens (including phenoxy) is 1. The second-order valence-corrected chi connectivity index (χ2v) is 5.88. The van der Waals surface area contributed by atoms with E-state index in [0.717, 1.165) is 11.0 Å². The van der Waals surface area contributed by atoms with Gasteiger partial charge in [-0.3, -0.25) is 19.7 Å². The third kappa shape index (κ3) is 3.55. The molecule has 2 atom stereocenters. The number of methoxy groups -OCH3 is 1. The average Bonchev–Trinajstić information content (AvgIpc) is 3.00. The van der Waals surface area contributed by atoms with Gasteiger partial charge >= 0.3 is 12.1 Å². The molecule has 2 rings (SSSR count). The molecule has 0 bridgehead atoms. The Labute approximate surface area is 145 Å². The number of aliphatic carboxylic acids is 1. The number of amides is 1. The standard InChI is InChI=1S/C15H15F3N2O6/c1-7-11(20(24)25)3-8(4-12(7)26-2)13(21)19-5-9(14(22)23)10(6-19)15(16,17)18/h3-4,9-10H,5-6H2,1-2H3,(H,22,23)/t9-,10-/m1/s1. The number of nitrogens with zero attached hydrogens (tertiary/aromatic N) is 2. The topological polar surface area (TPSA) is 110 Å². The van der Waals surface area contributed by atoms with E-state index in [1.165, 1.54) is 20.1 Å². The van der Waals surface area contributed by atoms with Crippen molar-refractivity contribution in [2.75, 3.05) is 20.2 Å². The van der Waals surface area contributed by atoms with Crippen molar-refractivity contribution in [1.29, 1.82) is 0 Å². The maximum absolute atomic E-state index is 13.0. The minimum Gasteiger partial charge on any atom is -0.496 e. The SMILES string of the molecule is COc1cc(C(=O)N2C[C@@H](C(F)(F)F)[C@H](C(=O)O)C2)cc([N+](=O)[O-])c1C. The Morgan fingerprint density at radius 2 is 1.96 bits per heavy atom. The van der Waals surface area contributed by atoms with Gasteiger partial charge in [-0.1, -0.05) is 0 Å². The molecule has 0 aliphatic carbocycles. The van der Waals surface area contributed by atoms with Gasteiger partial charge in [0, 0.05) is 19.2 Å². The maximum atomic E-state index is 13.0. The van der Waals surface area contributed by atoms with E-state index in [1.54, 1.807) is 0 Å². The molecule has 1 amide bonds. The first-order valence-corrected chi connectivity index (χ1v) is 7.39. The number of carboxylic acid groups (broad SMARTS) is 1. The zero-order valence-corrected chi connectivity index (χ0v) is 13.7. The number of nitro groups is 1. The lowest BCUT2D eigenvalue weighted by Gasteiger charge is -2.18. The number of carbonyl (C=O) groups excluding carboxylic acids is 1. The predicted octanol–water partition coefficient (Wildman–Crippen LogP) is 2.25. The summed E-state index contributed by atoms with van der Waals surface area (Å²) >= 11 is 0. The van der Waals surface area contributed by atoms with E-state index in [9.17, 15) is 32.9 Å². The Morgan fingerprint density at radius 1 is 1.35 bits per heavy atom. The van der Waals surface area contributed by atoms with Crippen molar-refractivity contribution in [2.24, 2.45) is 11.8 Å². The summed E-state index contributed by atoms with van der Waals surface area (Å²) in [5.74, 6) is -6.55. The third-order valence-corrected chi connectivity index (χ3v) is 4.34. The molecular formula is C15H15F3N2O6. The van der Waals surface area contributed by atoms with Gasteiger partial charge in [-0.25, -0.2) is 0 Å². The molecule has 0 aromatic heterocycles. The molecule has 0 saturated carbocycles. The fourth-order valence-electron chi connectivity index (χ4n) is 2.93. The van der Waals surface area contributed by atoms with Gasteiger partial charge in [-0.2, -0.15) is 13.2 Å². The summed E-state index contributed by atoms with van der Waals surface area (Å²) in [5.41, 5.74) is -0.507. The molecule has 1 aliphatic rings. The number of alkyl halides is 3. The van der Waals surface area contributed by atoms with Crippen molar-refractivity contribution in [3.8, 4) is 5.75 Å². The second-order valence-electron chi connectivity index (χ2n) is 5.88. The van der Waals surface area contributed by atoms with Gasteiger partial charge in [0.15, 0.2) is 0 Å². The summed E-state index contributed by atoms with van der Waals surface area (Å²) in [6, 6.07) is 2.12. The maximum Gasteiger partial charge on any atom is 0.394 e. The van der Waals surface area contributed by atoms with Crippen molar-refractivity contribution in [2.45, 2.75) is 13.1 Å². The number of carbonyl (C=O) groups is 2. The molecule has 1 aliphatic heterocycles. The van der Waals surface area contributed by atoms with Crippen LogP contribution in [0, 0.1) is 28.9 Å². The van der Waals surface area contributed by atoms with Crippen molar-refractivity contribution in [3.63, 3.8) is 0 Å². The lowest BCUT2D eigenvalue weighted by atomic mass is 9.96. The highest BCUT2D eigenvalue weighted by Gasteiger charge is 2.53. The molecule has 26 heavy (non-hydrogen) atoms. The minimum atomic E-state index is -4.78. The van der Waals surface area contributed by atoms with Crippen LogP contribution in [-0.2, 0) is 4.79 Å². The lowest BCUT2D eigenvalue weighted by Crippen LogP contribution is -2.34. The van der Waals surface area contributed by atoms with E-state index in [4.69, 9.17) is 9.84 Å². The summed E-state index contributed by atoms with van der Waals surface area (Å²) in [4.78, 5) is 34.7. The number of carboxylic acids is 1. The largest absolute Gasteiger partial charge is 0.496 e. The average molecular weight is 376 g/mol.